The van der Waals surface area contributed by atoms with E-state index in [4.69, 9.17) is 15.0 Å². The third-order valence-corrected chi connectivity index (χ3v) is 7.05. The lowest BCUT2D eigenvalue weighted by atomic mass is 9.92. The smallest absolute Gasteiger partial charge is 0.224 e. The van der Waals surface area contributed by atoms with Crippen LogP contribution in [0, 0.1) is 0 Å². The van der Waals surface area contributed by atoms with E-state index in [0.29, 0.717) is 12.5 Å². The number of nitrogens with one attached hydrogen (secondary N) is 1. The van der Waals surface area contributed by atoms with Gasteiger partial charge in [-0.3, -0.25) is 4.98 Å². The molecule has 3 aromatic carbocycles. The third-order valence-electron chi connectivity index (χ3n) is 7.05. The zero-order chi connectivity index (χ0) is 27.9. The summed E-state index contributed by atoms with van der Waals surface area (Å²) < 4.78 is 0. The summed E-state index contributed by atoms with van der Waals surface area (Å²) in [5.74, 6) is 0.574. The monoisotopic (exact) mass is 530 g/mol. The van der Waals surface area contributed by atoms with Crippen molar-refractivity contribution in [3.63, 3.8) is 0 Å². The molecule has 2 heterocycles. The molecule has 41 heavy (non-hydrogen) atoms. The Balaban J connectivity index is 1.34. The highest BCUT2D eigenvalue weighted by atomic mass is 15.1. The van der Waals surface area contributed by atoms with E-state index >= 15 is 0 Å². The second-order valence-corrected chi connectivity index (χ2v) is 9.77. The molecule has 0 atom stereocenters. The molecule has 0 bridgehead atoms. The maximum Gasteiger partial charge on any atom is 0.224 e. The van der Waals surface area contributed by atoms with Gasteiger partial charge in [0.05, 0.1) is 17.1 Å². The topological polar surface area (TPSA) is 50.7 Å². The molecule has 0 saturated carbocycles. The number of aromatic nitrogens is 3. The summed E-state index contributed by atoms with van der Waals surface area (Å²) in [6.07, 6.45) is 13.2. The van der Waals surface area contributed by atoms with Crippen LogP contribution >= 0.6 is 0 Å². The van der Waals surface area contributed by atoms with Crippen LogP contribution in [-0.4, -0.2) is 15.0 Å². The number of allylic oxidation sites excluding steroid dienone is 6. The Labute approximate surface area is 241 Å². The quantitative estimate of drug-likeness (QED) is 0.218. The van der Waals surface area contributed by atoms with Gasteiger partial charge >= 0.3 is 0 Å². The van der Waals surface area contributed by atoms with Crippen LogP contribution in [0.25, 0.3) is 33.7 Å². The second-order valence-electron chi connectivity index (χ2n) is 9.77. The van der Waals surface area contributed by atoms with Crippen LogP contribution in [-0.2, 0) is 6.54 Å². The summed E-state index contributed by atoms with van der Waals surface area (Å²) >= 11 is 0. The van der Waals surface area contributed by atoms with Gasteiger partial charge in [0, 0.05) is 23.9 Å². The van der Waals surface area contributed by atoms with Crippen molar-refractivity contribution in [1.29, 1.82) is 0 Å². The van der Waals surface area contributed by atoms with Crippen LogP contribution < -0.4 is 5.32 Å². The molecule has 0 amide bonds. The average molecular weight is 531 g/mol. The summed E-state index contributed by atoms with van der Waals surface area (Å²) in [7, 11) is 0. The van der Waals surface area contributed by atoms with Gasteiger partial charge < -0.3 is 5.32 Å². The van der Waals surface area contributed by atoms with Crippen molar-refractivity contribution in [2.45, 2.75) is 13.0 Å². The molecule has 4 heteroatoms. The van der Waals surface area contributed by atoms with Gasteiger partial charge in [-0.1, -0.05) is 128 Å². The minimum atomic E-state index is 0.517. The predicted octanol–water partition coefficient (Wildman–Crippen LogP) is 8.78. The maximum absolute atomic E-state index is 4.92. The number of anilines is 1. The van der Waals surface area contributed by atoms with Gasteiger partial charge in [0.25, 0.3) is 0 Å². The molecule has 2 aromatic heterocycles. The Bertz CT molecular complexity index is 1770. The van der Waals surface area contributed by atoms with Gasteiger partial charge in [-0.05, 0) is 46.4 Å². The largest absolute Gasteiger partial charge is 0.350 e. The van der Waals surface area contributed by atoms with Gasteiger partial charge in [0.15, 0.2) is 0 Å². The number of nitrogens with zero attached hydrogens (tertiary/aromatic N) is 3. The highest BCUT2D eigenvalue weighted by Gasteiger charge is 2.15. The van der Waals surface area contributed by atoms with Crippen LogP contribution in [0.15, 0.2) is 146 Å². The molecule has 1 aliphatic carbocycles. The first-order chi connectivity index (χ1) is 20.3. The van der Waals surface area contributed by atoms with Gasteiger partial charge in [-0.25, -0.2) is 9.97 Å². The highest BCUT2D eigenvalue weighted by molar-refractivity contribution is 5.87. The predicted molar refractivity (Wildman–Crippen MR) is 170 cm³/mol. The molecule has 0 aliphatic heterocycles. The Hall–Kier alpha value is -5.35. The normalized spacial score (nSPS) is 12.4. The molecule has 0 spiro atoms. The fraction of sp³-hybridized carbons (Fsp3) is 0.0541. The van der Waals surface area contributed by atoms with Crippen molar-refractivity contribution >= 4 is 17.1 Å². The van der Waals surface area contributed by atoms with Crippen molar-refractivity contribution in [2.24, 2.45) is 0 Å². The molecule has 5 aromatic rings. The van der Waals surface area contributed by atoms with Crippen molar-refractivity contribution < 1.29 is 0 Å². The maximum atomic E-state index is 4.92. The van der Waals surface area contributed by atoms with Crippen LogP contribution in [0.1, 0.15) is 28.8 Å². The van der Waals surface area contributed by atoms with E-state index in [0.717, 1.165) is 62.5 Å². The summed E-state index contributed by atoms with van der Waals surface area (Å²) in [6, 6.07) is 34.9. The number of rotatable bonds is 8. The van der Waals surface area contributed by atoms with E-state index < -0.39 is 0 Å². The van der Waals surface area contributed by atoms with Gasteiger partial charge in [0.1, 0.15) is 0 Å². The van der Waals surface area contributed by atoms with Crippen LogP contribution in [0.3, 0.4) is 0 Å². The number of benzene rings is 3. The molecule has 1 N–H and O–H groups in total. The second kappa shape index (κ2) is 12.2. The fourth-order valence-corrected chi connectivity index (χ4v) is 4.95. The van der Waals surface area contributed by atoms with E-state index in [9.17, 15) is 0 Å². The SMILES string of the molecule is C=C(c1ccccc1)c1ccccc1-c1ncccc1CNc1nc(C2=CCC=CC=C2)cc(-c2ccccc2)n1. The Kier molecular flexibility index (Phi) is 7.72. The van der Waals surface area contributed by atoms with E-state index in [1.165, 1.54) is 0 Å². The molecular formula is C37H30N4. The zero-order valence-electron chi connectivity index (χ0n) is 22.7. The summed E-state index contributed by atoms with van der Waals surface area (Å²) in [4.78, 5) is 14.6. The minimum Gasteiger partial charge on any atom is -0.350 e. The van der Waals surface area contributed by atoms with E-state index in [2.05, 4.69) is 90.8 Å². The molecule has 0 saturated heterocycles. The number of hydrogen-bond acceptors (Lipinski definition) is 4. The standard InChI is InChI=1S/C37H30N4/c1-27(28-15-8-4-9-16-28)32-22-12-13-23-33(32)36-31(21-14-24-38-36)26-39-37-40-34(29-17-6-2-3-7-18-29)25-35(41-37)30-19-10-5-11-20-30/h2-6,8-25H,1,7,26H2,(H,39,40,41). The van der Waals surface area contributed by atoms with E-state index in [-0.39, 0.29) is 0 Å². The van der Waals surface area contributed by atoms with Crippen LogP contribution in [0.2, 0.25) is 0 Å². The molecule has 0 radical (unpaired) electrons. The zero-order valence-corrected chi connectivity index (χ0v) is 22.7. The molecule has 6 rings (SSSR count). The average Bonchev–Trinajstić information content (AvgIpc) is 3.34. The first kappa shape index (κ1) is 25.9. The Morgan fingerprint density at radius 2 is 1.54 bits per heavy atom. The summed E-state index contributed by atoms with van der Waals surface area (Å²) in [5, 5.41) is 3.51. The Morgan fingerprint density at radius 1 is 0.780 bits per heavy atom. The lowest BCUT2D eigenvalue weighted by Crippen LogP contribution is -2.08. The molecular weight excluding hydrogens is 500 g/mol. The molecule has 0 unspecified atom stereocenters. The third kappa shape index (κ3) is 5.97. The van der Waals surface area contributed by atoms with Crippen molar-refractivity contribution in [3.05, 3.63) is 169 Å². The Morgan fingerprint density at radius 3 is 2.39 bits per heavy atom. The van der Waals surface area contributed by atoms with Crippen LogP contribution in [0.4, 0.5) is 5.95 Å². The molecule has 0 fully saturated rings. The first-order valence-electron chi connectivity index (χ1n) is 13.8. The van der Waals surface area contributed by atoms with Crippen LogP contribution in [0.5, 0.6) is 0 Å². The lowest BCUT2D eigenvalue weighted by Gasteiger charge is -2.16. The molecule has 4 nitrogen and oxygen atoms in total. The van der Waals surface area contributed by atoms with Gasteiger partial charge in [-0.2, -0.15) is 0 Å². The summed E-state index contributed by atoms with van der Waals surface area (Å²) in [5.41, 5.74) is 10.0. The van der Waals surface area contributed by atoms with Crippen molar-refractivity contribution in [3.8, 4) is 22.5 Å². The summed E-state index contributed by atoms with van der Waals surface area (Å²) in [6.45, 7) is 4.94. The number of pyridine rings is 1. The van der Waals surface area contributed by atoms with Crippen molar-refractivity contribution in [2.75, 3.05) is 5.32 Å². The van der Waals surface area contributed by atoms with Gasteiger partial charge in [0.2, 0.25) is 5.95 Å². The van der Waals surface area contributed by atoms with Crippen molar-refractivity contribution in [1.82, 2.24) is 15.0 Å². The minimum absolute atomic E-state index is 0.517. The first-order valence-corrected chi connectivity index (χ1v) is 13.8. The lowest BCUT2D eigenvalue weighted by molar-refractivity contribution is 1.04. The number of hydrogen-bond donors (Lipinski definition) is 1. The fourth-order valence-electron chi connectivity index (χ4n) is 4.95. The molecule has 1 aliphatic rings. The molecule has 198 valence electrons. The highest BCUT2D eigenvalue weighted by Crippen LogP contribution is 2.33. The van der Waals surface area contributed by atoms with Gasteiger partial charge in [-0.15, -0.1) is 0 Å². The van der Waals surface area contributed by atoms with E-state index in [1.807, 2.05) is 60.8 Å². The van der Waals surface area contributed by atoms with E-state index in [1.54, 1.807) is 0 Å².